The van der Waals surface area contributed by atoms with Gasteiger partial charge in [-0.05, 0) is 42.3 Å². The van der Waals surface area contributed by atoms with Crippen LogP contribution in [-0.2, 0) is 36.1 Å². The summed E-state index contributed by atoms with van der Waals surface area (Å²) in [6.45, 7) is 4.65. The molecule has 1 fully saturated rings. The second-order valence-electron chi connectivity index (χ2n) is 8.02. The highest BCUT2D eigenvalue weighted by Gasteiger charge is 2.29. The van der Waals surface area contributed by atoms with Crippen LogP contribution in [0.1, 0.15) is 18.1 Å². The smallest absolute Gasteiger partial charge is 0.247 e. The molecule has 3 rings (SSSR count). The first-order chi connectivity index (χ1) is 16.6. The van der Waals surface area contributed by atoms with Crippen molar-refractivity contribution in [1.82, 2.24) is 13.9 Å². The first kappa shape index (κ1) is 27.1. The third-order valence-corrected chi connectivity index (χ3v) is 9.49. The lowest BCUT2D eigenvalue weighted by atomic mass is 10.2. The number of aryl methyl sites for hydroxylation is 1. The summed E-state index contributed by atoms with van der Waals surface area (Å²) in [4.78, 5) is 12.7. The molecular formula is C23H31N3O7S2. The number of carbonyl (C=O) groups excluding carboxylic acids is 1. The van der Waals surface area contributed by atoms with Gasteiger partial charge in [-0.2, -0.15) is 8.61 Å². The molecule has 1 aliphatic rings. The van der Waals surface area contributed by atoms with Gasteiger partial charge in [0.2, 0.25) is 26.0 Å². The fourth-order valence-electron chi connectivity index (χ4n) is 3.62. The predicted molar refractivity (Wildman–Crippen MR) is 130 cm³/mol. The van der Waals surface area contributed by atoms with Gasteiger partial charge in [-0.1, -0.05) is 25.1 Å². The number of amides is 1. The van der Waals surface area contributed by atoms with E-state index in [-0.39, 0.29) is 35.2 Å². The Morgan fingerprint density at radius 3 is 2.34 bits per heavy atom. The van der Waals surface area contributed by atoms with Crippen LogP contribution in [0.3, 0.4) is 0 Å². The van der Waals surface area contributed by atoms with Crippen LogP contribution in [0.4, 0.5) is 0 Å². The summed E-state index contributed by atoms with van der Waals surface area (Å²) in [5, 5.41) is 2.70. The lowest BCUT2D eigenvalue weighted by Gasteiger charge is -2.26. The second kappa shape index (κ2) is 11.5. The van der Waals surface area contributed by atoms with E-state index in [0.717, 1.165) is 9.87 Å². The van der Waals surface area contributed by atoms with Crippen molar-refractivity contribution in [2.75, 3.05) is 46.5 Å². The summed E-state index contributed by atoms with van der Waals surface area (Å²) in [5.74, 6) is -0.270. The van der Waals surface area contributed by atoms with Gasteiger partial charge in [-0.25, -0.2) is 16.8 Å². The molecule has 35 heavy (non-hydrogen) atoms. The molecule has 0 unspecified atom stereocenters. The van der Waals surface area contributed by atoms with E-state index >= 15 is 0 Å². The molecule has 2 aromatic carbocycles. The van der Waals surface area contributed by atoms with E-state index in [1.807, 2.05) is 0 Å². The molecule has 1 saturated heterocycles. The molecule has 0 radical (unpaired) electrons. The summed E-state index contributed by atoms with van der Waals surface area (Å²) in [5.41, 5.74) is 1.44. The lowest BCUT2D eigenvalue weighted by Crippen LogP contribution is -2.40. The first-order valence-corrected chi connectivity index (χ1v) is 14.1. The number of ether oxygens (including phenoxy) is 2. The van der Waals surface area contributed by atoms with Crippen molar-refractivity contribution in [3.63, 3.8) is 0 Å². The molecule has 0 saturated carbocycles. The van der Waals surface area contributed by atoms with Crippen molar-refractivity contribution in [1.29, 1.82) is 0 Å². The van der Waals surface area contributed by atoms with Gasteiger partial charge in [-0.3, -0.25) is 4.79 Å². The monoisotopic (exact) mass is 525 g/mol. The maximum atomic E-state index is 13.2. The topological polar surface area (TPSA) is 122 Å². The van der Waals surface area contributed by atoms with Gasteiger partial charge < -0.3 is 14.8 Å². The summed E-state index contributed by atoms with van der Waals surface area (Å²) in [7, 11) is -6.17. The number of hydrogen-bond acceptors (Lipinski definition) is 7. The van der Waals surface area contributed by atoms with Crippen molar-refractivity contribution in [3.05, 3.63) is 53.6 Å². The van der Waals surface area contributed by atoms with Gasteiger partial charge in [-0.15, -0.1) is 0 Å². The number of nitrogens with one attached hydrogen (secondary N) is 1. The lowest BCUT2D eigenvalue weighted by molar-refractivity contribution is -0.121. The molecule has 1 amide bonds. The van der Waals surface area contributed by atoms with Crippen LogP contribution in [0.15, 0.2) is 52.3 Å². The molecule has 12 heteroatoms. The minimum Gasteiger partial charge on any atom is -0.495 e. The van der Waals surface area contributed by atoms with Gasteiger partial charge >= 0.3 is 0 Å². The van der Waals surface area contributed by atoms with Gasteiger partial charge in [0.1, 0.15) is 10.6 Å². The highest BCUT2D eigenvalue weighted by atomic mass is 32.2. The Kier molecular flexibility index (Phi) is 8.89. The van der Waals surface area contributed by atoms with Crippen LogP contribution in [0.5, 0.6) is 5.75 Å². The van der Waals surface area contributed by atoms with E-state index in [1.165, 1.54) is 29.6 Å². The summed E-state index contributed by atoms with van der Waals surface area (Å²) < 4.78 is 64.7. The van der Waals surface area contributed by atoms with Crippen LogP contribution in [-0.4, -0.2) is 77.9 Å². The normalized spacial score (nSPS) is 15.2. The van der Waals surface area contributed by atoms with Crippen LogP contribution in [0, 0.1) is 6.92 Å². The van der Waals surface area contributed by atoms with E-state index in [0.29, 0.717) is 31.9 Å². The Morgan fingerprint density at radius 1 is 1.09 bits per heavy atom. The Hall–Kier alpha value is -2.51. The maximum absolute atomic E-state index is 13.2. The van der Waals surface area contributed by atoms with Crippen molar-refractivity contribution in [3.8, 4) is 5.75 Å². The van der Waals surface area contributed by atoms with Gasteiger partial charge in [0.05, 0.1) is 31.8 Å². The van der Waals surface area contributed by atoms with Crippen molar-refractivity contribution < 1.29 is 31.1 Å². The average molecular weight is 526 g/mol. The molecule has 192 valence electrons. The molecule has 1 heterocycles. The molecule has 0 spiro atoms. The molecule has 1 aliphatic heterocycles. The Bertz CT molecular complexity index is 1240. The van der Waals surface area contributed by atoms with Gasteiger partial charge in [0, 0.05) is 26.2 Å². The third-order valence-electron chi connectivity index (χ3n) is 5.63. The Labute approximate surface area is 206 Å². The van der Waals surface area contributed by atoms with Crippen LogP contribution in [0.2, 0.25) is 0 Å². The van der Waals surface area contributed by atoms with Crippen LogP contribution in [0.25, 0.3) is 0 Å². The number of benzene rings is 2. The van der Waals surface area contributed by atoms with Gasteiger partial charge in [0.15, 0.2) is 0 Å². The first-order valence-electron chi connectivity index (χ1n) is 11.2. The highest BCUT2D eigenvalue weighted by Crippen LogP contribution is 2.27. The third kappa shape index (κ3) is 6.39. The zero-order chi connectivity index (χ0) is 25.6. The molecule has 10 nitrogen and oxygen atoms in total. The number of rotatable bonds is 10. The minimum atomic E-state index is -3.96. The fourth-order valence-corrected chi connectivity index (χ4v) is 6.68. The Balaban J connectivity index is 1.63. The van der Waals surface area contributed by atoms with E-state index < -0.39 is 26.0 Å². The number of nitrogens with zero attached hydrogens (tertiary/aromatic N) is 2. The van der Waals surface area contributed by atoms with E-state index in [9.17, 15) is 21.6 Å². The number of carbonyl (C=O) groups is 1. The molecule has 2 aromatic rings. The quantitative estimate of drug-likeness (QED) is 0.497. The minimum absolute atomic E-state index is 0.00622. The summed E-state index contributed by atoms with van der Waals surface area (Å²) in [6.07, 6.45) is 0. The van der Waals surface area contributed by atoms with Crippen molar-refractivity contribution in [2.24, 2.45) is 0 Å². The van der Waals surface area contributed by atoms with Crippen molar-refractivity contribution in [2.45, 2.75) is 30.2 Å². The number of morpholine rings is 1. The number of methoxy groups -OCH3 is 1. The fraction of sp³-hybridized carbons (Fsp3) is 0.435. The SMILES string of the molecule is CCN(CC(=O)NCc1ccc(S(=O)(=O)N2CCOCC2)cc1)S(=O)(=O)c1cc(C)ccc1OC. The molecular weight excluding hydrogens is 494 g/mol. The average Bonchev–Trinajstić information content (AvgIpc) is 2.86. The summed E-state index contributed by atoms with van der Waals surface area (Å²) in [6, 6.07) is 11.1. The number of likely N-dealkylation sites (N-methyl/N-ethyl adjacent to an activating group) is 1. The summed E-state index contributed by atoms with van der Waals surface area (Å²) >= 11 is 0. The second-order valence-corrected chi connectivity index (χ2v) is 11.9. The van der Waals surface area contributed by atoms with E-state index in [4.69, 9.17) is 9.47 Å². The number of sulfonamides is 2. The maximum Gasteiger partial charge on any atom is 0.247 e. The molecule has 0 aliphatic carbocycles. The van der Waals surface area contributed by atoms with E-state index in [2.05, 4.69) is 5.32 Å². The molecule has 1 N–H and O–H groups in total. The van der Waals surface area contributed by atoms with Crippen LogP contribution < -0.4 is 10.1 Å². The highest BCUT2D eigenvalue weighted by molar-refractivity contribution is 7.89. The zero-order valence-corrected chi connectivity index (χ0v) is 21.7. The van der Waals surface area contributed by atoms with E-state index in [1.54, 1.807) is 38.1 Å². The van der Waals surface area contributed by atoms with Crippen LogP contribution >= 0.6 is 0 Å². The molecule has 0 atom stereocenters. The Morgan fingerprint density at radius 2 is 1.74 bits per heavy atom. The standard InChI is InChI=1S/C23H31N3O7S2/c1-4-25(35(30,31)22-15-18(2)5-10-21(22)32-3)17-23(27)24-16-19-6-8-20(9-7-19)34(28,29)26-11-13-33-14-12-26/h5-10,15H,4,11-14,16-17H2,1-3H3,(H,24,27). The molecule has 0 bridgehead atoms. The molecule has 0 aromatic heterocycles. The predicted octanol–water partition coefficient (Wildman–Crippen LogP) is 1.35. The van der Waals surface area contributed by atoms with Gasteiger partial charge in [0.25, 0.3) is 0 Å². The zero-order valence-electron chi connectivity index (χ0n) is 20.1. The van der Waals surface area contributed by atoms with Crippen molar-refractivity contribution >= 4 is 26.0 Å². The largest absolute Gasteiger partial charge is 0.495 e. The number of hydrogen-bond donors (Lipinski definition) is 1.